The minimum atomic E-state index is -0.393. The predicted octanol–water partition coefficient (Wildman–Crippen LogP) is 0.295. The van der Waals surface area contributed by atoms with Crippen molar-refractivity contribution in [2.75, 3.05) is 31.2 Å². The van der Waals surface area contributed by atoms with Gasteiger partial charge < -0.3 is 15.0 Å². The Labute approximate surface area is 112 Å². The van der Waals surface area contributed by atoms with E-state index in [1.807, 2.05) is 17.9 Å². The molecule has 1 atom stereocenters. The van der Waals surface area contributed by atoms with E-state index in [-0.39, 0.29) is 5.91 Å². The van der Waals surface area contributed by atoms with Crippen LogP contribution in [0.5, 0.6) is 0 Å². The molecule has 1 amide bonds. The smallest absolute Gasteiger partial charge is 0.245 e. The molecule has 6 nitrogen and oxygen atoms in total. The van der Waals surface area contributed by atoms with Crippen LogP contribution in [0.4, 0.5) is 5.82 Å². The van der Waals surface area contributed by atoms with Crippen molar-refractivity contribution in [3.05, 3.63) is 23.9 Å². The lowest BCUT2D eigenvalue weighted by atomic mass is 10.2. The SMILES string of the molecule is CCNC(=O)C1COCCN1c1cccc(C#N)n1. The zero-order chi connectivity index (χ0) is 13.7. The number of carbonyl (C=O) groups excluding carboxylic acids is 1. The number of rotatable bonds is 3. The van der Waals surface area contributed by atoms with Gasteiger partial charge in [-0.3, -0.25) is 4.79 Å². The number of carbonyl (C=O) groups is 1. The monoisotopic (exact) mass is 260 g/mol. The molecule has 1 unspecified atom stereocenters. The Balaban J connectivity index is 2.23. The van der Waals surface area contributed by atoms with Crippen LogP contribution in [-0.4, -0.2) is 43.2 Å². The van der Waals surface area contributed by atoms with Crippen LogP contribution in [-0.2, 0) is 9.53 Å². The van der Waals surface area contributed by atoms with E-state index < -0.39 is 6.04 Å². The average Bonchev–Trinajstić information content (AvgIpc) is 2.47. The first-order valence-electron chi connectivity index (χ1n) is 6.25. The second-order valence-electron chi connectivity index (χ2n) is 4.17. The first-order valence-corrected chi connectivity index (χ1v) is 6.25. The molecule has 2 rings (SSSR count). The van der Waals surface area contributed by atoms with E-state index in [1.54, 1.807) is 18.2 Å². The van der Waals surface area contributed by atoms with E-state index in [4.69, 9.17) is 10.00 Å². The summed E-state index contributed by atoms with van der Waals surface area (Å²) in [4.78, 5) is 18.1. The van der Waals surface area contributed by atoms with Gasteiger partial charge in [-0.1, -0.05) is 6.07 Å². The molecule has 1 fully saturated rings. The maximum absolute atomic E-state index is 12.0. The topological polar surface area (TPSA) is 78.2 Å². The molecular weight excluding hydrogens is 244 g/mol. The Morgan fingerprint density at radius 2 is 2.53 bits per heavy atom. The minimum absolute atomic E-state index is 0.0774. The number of nitrogens with zero attached hydrogens (tertiary/aromatic N) is 3. The molecule has 0 radical (unpaired) electrons. The van der Waals surface area contributed by atoms with Crippen molar-refractivity contribution in [3.63, 3.8) is 0 Å². The van der Waals surface area contributed by atoms with Crippen LogP contribution in [0.25, 0.3) is 0 Å². The number of nitrogens with one attached hydrogen (secondary N) is 1. The number of likely N-dealkylation sites (N-methyl/N-ethyl adjacent to an activating group) is 1. The number of morpholine rings is 1. The summed E-state index contributed by atoms with van der Waals surface area (Å²) in [6.07, 6.45) is 0. The van der Waals surface area contributed by atoms with E-state index in [2.05, 4.69) is 10.3 Å². The number of hydrogen-bond acceptors (Lipinski definition) is 5. The number of aromatic nitrogens is 1. The maximum atomic E-state index is 12.0. The number of hydrogen-bond donors (Lipinski definition) is 1. The second-order valence-corrected chi connectivity index (χ2v) is 4.17. The zero-order valence-corrected chi connectivity index (χ0v) is 10.8. The summed E-state index contributed by atoms with van der Waals surface area (Å²) in [6.45, 7) is 3.93. The molecule has 6 heteroatoms. The lowest BCUT2D eigenvalue weighted by Crippen LogP contribution is -2.54. The van der Waals surface area contributed by atoms with Gasteiger partial charge in [0.25, 0.3) is 0 Å². The van der Waals surface area contributed by atoms with Gasteiger partial charge in [-0.05, 0) is 19.1 Å². The molecule has 100 valence electrons. The van der Waals surface area contributed by atoms with Crippen molar-refractivity contribution in [3.8, 4) is 6.07 Å². The summed E-state index contributed by atoms with van der Waals surface area (Å²) in [5.41, 5.74) is 0.346. The summed E-state index contributed by atoms with van der Waals surface area (Å²) in [7, 11) is 0. The third-order valence-electron chi connectivity index (χ3n) is 2.93. The van der Waals surface area contributed by atoms with E-state index in [0.29, 0.717) is 37.8 Å². The van der Waals surface area contributed by atoms with Gasteiger partial charge in [0.05, 0.1) is 13.2 Å². The fourth-order valence-corrected chi connectivity index (χ4v) is 2.03. The minimum Gasteiger partial charge on any atom is -0.377 e. The largest absolute Gasteiger partial charge is 0.377 e. The first kappa shape index (κ1) is 13.3. The van der Waals surface area contributed by atoms with Crippen molar-refractivity contribution in [2.24, 2.45) is 0 Å². The predicted molar refractivity (Wildman–Crippen MR) is 69.6 cm³/mol. The number of anilines is 1. The second kappa shape index (κ2) is 6.16. The van der Waals surface area contributed by atoms with Crippen LogP contribution in [0.3, 0.4) is 0 Å². The number of ether oxygens (including phenoxy) is 1. The van der Waals surface area contributed by atoms with Crippen molar-refractivity contribution in [1.82, 2.24) is 10.3 Å². The number of pyridine rings is 1. The molecule has 1 aromatic heterocycles. The maximum Gasteiger partial charge on any atom is 0.245 e. The Bertz CT molecular complexity index is 498. The van der Waals surface area contributed by atoms with Crippen molar-refractivity contribution < 1.29 is 9.53 Å². The van der Waals surface area contributed by atoms with E-state index in [0.717, 1.165) is 0 Å². The first-order chi connectivity index (χ1) is 9.26. The highest BCUT2D eigenvalue weighted by Crippen LogP contribution is 2.17. The van der Waals surface area contributed by atoms with E-state index in [1.165, 1.54) is 0 Å². The molecule has 19 heavy (non-hydrogen) atoms. The van der Waals surface area contributed by atoms with Crippen LogP contribution < -0.4 is 10.2 Å². The van der Waals surface area contributed by atoms with Gasteiger partial charge in [0.2, 0.25) is 5.91 Å². The number of amides is 1. The highest BCUT2D eigenvalue weighted by Gasteiger charge is 2.30. The quantitative estimate of drug-likeness (QED) is 0.845. The van der Waals surface area contributed by atoms with Crippen molar-refractivity contribution in [1.29, 1.82) is 5.26 Å². The zero-order valence-electron chi connectivity index (χ0n) is 10.8. The van der Waals surface area contributed by atoms with Crippen LogP contribution in [0.1, 0.15) is 12.6 Å². The molecule has 1 N–H and O–H groups in total. The lowest BCUT2D eigenvalue weighted by Gasteiger charge is -2.35. The standard InChI is InChI=1S/C13H16N4O2/c1-2-15-13(18)11-9-19-7-6-17(11)12-5-3-4-10(8-14)16-12/h3-5,11H,2,6-7,9H2,1H3,(H,15,18). The van der Waals surface area contributed by atoms with Gasteiger partial charge in [-0.15, -0.1) is 0 Å². The van der Waals surface area contributed by atoms with Gasteiger partial charge in [-0.2, -0.15) is 5.26 Å². The summed E-state index contributed by atoms with van der Waals surface area (Å²) in [5, 5.41) is 11.7. The highest BCUT2D eigenvalue weighted by molar-refractivity contribution is 5.85. The fraction of sp³-hybridized carbons (Fsp3) is 0.462. The Morgan fingerprint density at radius 1 is 1.68 bits per heavy atom. The average molecular weight is 260 g/mol. The van der Waals surface area contributed by atoms with E-state index >= 15 is 0 Å². The molecule has 0 spiro atoms. The summed E-state index contributed by atoms with van der Waals surface area (Å²) in [5.74, 6) is 0.560. The van der Waals surface area contributed by atoms with Gasteiger partial charge in [-0.25, -0.2) is 4.98 Å². The third kappa shape index (κ3) is 3.01. The lowest BCUT2D eigenvalue weighted by molar-refractivity contribution is -0.124. The Morgan fingerprint density at radius 3 is 3.26 bits per heavy atom. The van der Waals surface area contributed by atoms with Crippen LogP contribution >= 0.6 is 0 Å². The molecule has 1 aliphatic rings. The Kier molecular flexibility index (Phi) is 4.31. The Hall–Kier alpha value is -2.13. The molecule has 0 aliphatic carbocycles. The van der Waals surface area contributed by atoms with Gasteiger partial charge in [0, 0.05) is 13.1 Å². The van der Waals surface area contributed by atoms with Crippen molar-refractivity contribution >= 4 is 11.7 Å². The summed E-state index contributed by atoms with van der Waals surface area (Å²) >= 11 is 0. The van der Waals surface area contributed by atoms with Crippen molar-refractivity contribution in [2.45, 2.75) is 13.0 Å². The van der Waals surface area contributed by atoms with E-state index in [9.17, 15) is 4.79 Å². The molecule has 1 saturated heterocycles. The van der Waals surface area contributed by atoms with Gasteiger partial charge in [0.1, 0.15) is 23.6 Å². The fourth-order valence-electron chi connectivity index (χ4n) is 2.03. The summed E-state index contributed by atoms with van der Waals surface area (Å²) < 4.78 is 5.36. The number of nitriles is 1. The molecule has 0 bridgehead atoms. The molecule has 0 saturated carbocycles. The van der Waals surface area contributed by atoms with Gasteiger partial charge in [0.15, 0.2) is 0 Å². The van der Waals surface area contributed by atoms with Gasteiger partial charge >= 0.3 is 0 Å². The highest BCUT2D eigenvalue weighted by atomic mass is 16.5. The normalized spacial score (nSPS) is 18.7. The van der Waals surface area contributed by atoms with Crippen LogP contribution in [0, 0.1) is 11.3 Å². The molecular formula is C13H16N4O2. The third-order valence-corrected chi connectivity index (χ3v) is 2.93. The summed E-state index contributed by atoms with van der Waals surface area (Å²) in [6, 6.07) is 6.83. The van der Waals surface area contributed by atoms with Crippen LogP contribution in [0.2, 0.25) is 0 Å². The molecule has 2 heterocycles. The molecule has 1 aliphatic heterocycles. The van der Waals surface area contributed by atoms with Crippen LogP contribution in [0.15, 0.2) is 18.2 Å². The molecule has 0 aromatic carbocycles. The molecule has 1 aromatic rings.